The Morgan fingerprint density at radius 3 is 2.38 bits per heavy atom. The van der Waals surface area contributed by atoms with E-state index in [1.165, 1.54) is 17.9 Å². The second-order valence-corrected chi connectivity index (χ2v) is 8.46. The normalized spacial score (nSPS) is 15.9. The molecule has 3 aromatic rings. The fourth-order valence-corrected chi connectivity index (χ4v) is 4.15. The zero-order valence-electron chi connectivity index (χ0n) is 17.9. The van der Waals surface area contributed by atoms with E-state index in [2.05, 4.69) is 9.88 Å². The molecule has 1 fully saturated rings. The Hall–Kier alpha value is -2.95. The maximum absolute atomic E-state index is 12.6. The highest BCUT2D eigenvalue weighted by atomic mass is 35.5. The minimum atomic E-state index is -0.743. The number of aliphatic hydroxyl groups is 1. The van der Waals surface area contributed by atoms with Crippen LogP contribution in [0.1, 0.15) is 10.4 Å². The third-order valence-electron chi connectivity index (χ3n) is 5.84. The summed E-state index contributed by atoms with van der Waals surface area (Å²) in [7, 11) is 2.98. The average molecular weight is 461 g/mol. The van der Waals surface area contributed by atoms with Crippen LogP contribution < -0.4 is 11.2 Å². The molecule has 1 aliphatic heterocycles. The largest absolute Gasteiger partial charge is 0.390 e. The molecule has 0 saturated carbocycles. The standard InChI is InChI=1S/C21H25ClN6O4/c1-24-18-17(20(31)25(2)21(24)32)28(13-23-18)12-16(29)11-26-7-9-27(10-8-26)19(30)14-3-5-15(22)6-4-14/h3-6,13,16,29H,7-12H2,1-2H3. The predicted octanol–water partition coefficient (Wildman–Crippen LogP) is -0.0940. The van der Waals surface area contributed by atoms with Crippen LogP contribution in [0.15, 0.2) is 40.2 Å². The third kappa shape index (κ3) is 4.21. The number of benzene rings is 1. The van der Waals surface area contributed by atoms with Crippen LogP contribution in [0.2, 0.25) is 5.02 Å². The molecule has 1 saturated heterocycles. The van der Waals surface area contributed by atoms with E-state index in [1.54, 1.807) is 40.8 Å². The summed E-state index contributed by atoms with van der Waals surface area (Å²) in [6.07, 6.45) is 0.727. The number of rotatable bonds is 5. The van der Waals surface area contributed by atoms with Crippen LogP contribution in [-0.2, 0) is 20.6 Å². The summed E-state index contributed by atoms with van der Waals surface area (Å²) in [6.45, 7) is 2.97. The summed E-state index contributed by atoms with van der Waals surface area (Å²) in [6, 6.07) is 6.84. The van der Waals surface area contributed by atoms with Gasteiger partial charge in [-0.1, -0.05) is 11.6 Å². The molecule has 10 nitrogen and oxygen atoms in total. The topological polar surface area (TPSA) is 106 Å². The number of β-amino-alcohol motifs (C(OH)–C–C–N with tert-alkyl or cyclic N) is 1. The molecule has 4 rings (SSSR count). The van der Waals surface area contributed by atoms with Crippen LogP contribution in [-0.4, -0.2) is 78.3 Å². The lowest BCUT2D eigenvalue weighted by Gasteiger charge is -2.35. The quantitative estimate of drug-likeness (QED) is 0.570. The number of carbonyl (C=O) groups is 1. The molecule has 0 bridgehead atoms. The van der Waals surface area contributed by atoms with Gasteiger partial charge in [0.1, 0.15) is 0 Å². The van der Waals surface area contributed by atoms with E-state index in [1.807, 2.05) is 0 Å². The van der Waals surface area contributed by atoms with Gasteiger partial charge >= 0.3 is 5.69 Å². The number of amides is 1. The summed E-state index contributed by atoms with van der Waals surface area (Å²) in [5.74, 6) is -0.0341. The number of aliphatic hydroxyl groups excluding tert-OH is 1. The Balaban J connectivity index is 1.37. The van der Waals surface area contributed by atoms with Gasteiger partial charge in [0.15, 0.2) is 11.2 Å². The van der Waals surface area contributed by atoms with Gasteiger partial charge in [-0.25, -0.2) is 9.78 Å². The highest BCUT2D eigenvalue weighted by Crippen LogP contribution is 2.14. The van der Waals surface area contributed by atoms with Gasteiger partial charge in [-0.3, -0.25) is 23.6 Å². The average Bonchev–Trinajstić information content (AvgIpc) is 3.20. The van der Waals surface area contributed by atoms with E-state index in [9.17, 15) is 19.5 Å². The number of piperazine rings is 1. The van der Waals surface area contributed by atoms with Crippen molar-refractivity contribution in [3.05, 3.63) is 62.0 Å². The minimum absolute atomic E-state index is 0.0341. The van der Waals surface area contributed by atoms with E-state index < -0.39 is 17.4 Å². The van der Waals surface area contributed by atoms with Crippen molar-refractivity contribution in [2.45, 2.75) is 12.6 Å². The number of imidazole rings is 1. The highest BCUT2D eigenvalue weighted by molar-refractivity contribution is 6.30. The molecule has 11 heteroatoms. The smallest absolute Gasteiger partial charge is 0.332 e. The molecular formula is C21H25ClN6O4. The van der Waals surface area contributed by atoms with E-state index in [-0.39, 0.29) is 18.0 Å². The summed E-state index contributed by atoms with van der Waals surface area (Å²) < 4.78 is 3.93. The van der Waals surface area contributed by atoms with Crippen molar-refractivity contribution in [3.8, 4) is 0 Å². The summed E-state index contributed by atoms with van der Waals surface area (Å²) >= 11 is 5.89. The van der Waals surface area contributed by atoms with Gasteiger partial charge in [-0.15, -0.1) is 0 Å². The molecular weight excluding hydrogens is 436 g/mol. The maximum atomic E-state index is 12.6. The molecule has 1 aromatic carbocycles. The first-order valence-electron chi connectivity index (χ1n) is 10.3. The molecule has 0 radical (unpaired) electrons. The van der Waals surface area contributed by atoms with Crippen LogP contribution in [0.4, 0.5) is 0 Å². The molecule has 32 heavy (non-hydrogen) atoms. The van der Waals surface area contributed by atoms with Crippen LogP contribution in [0.5, 0.6) is 0 Å². The molecule has 0 aliphatic carbocycles. The van der Waals surface area contributed by atoms with Crippen molar-refractivity contribution in [1.82, 2.24) is 28.5 Å². The summed E-state index contributed by atoms with van der Waals surface area (Å²) in [5.41, 5.74) is 0.291. The lowest BCUT2D eigenvalue weighted by molar-refractivity contribution is 0.0501. The first kappa shape index (κ1) is 22.3. The molecule has 3 heterocycles. The van der Waals surface area contributed by atoms with Gasteiger partial charge in [0.2, 0.25) is 0 Å². The number of aryl methyl sites for hydroxylation is 1. The van der Waals surface area contributed by atoms with E-state index >= 15 is 0 Å². The van der Waals surface area contributed by atoms with Gasteiger partial charge in [0.25, 0.3) is 11.5 Å². The Kier molecular flexibility index (Phi) is 6.18. The van der Waals surface area contributed by atoms with Gasteiger partial charge in [0.05, 0.1) is 19.0 Å². The number of carbonyl (C=O) groups excluding carboxylic acids is 1. The summed E-state index contributed by atoms with van der Waals surface area (Å²) in [4.78, 5) is 45.3. The Labute approximate surface area is 188 Å². The molecule has 1 atom stereocenters. The molecule has 1 N–H and O–H groups in total. The molecule has 1 amide bonds. The molecule has 1 aliphatic rings. The third-order valence-corrected chi connectivity index (χ3v) is 6.10. The monoisotopic (exact) mass is 460 g/mol. The van der Waals surface area contributed by atoms with Gasteiger partial charge in [-0.05, 0) is 24.3 Å². The van der Waals surface area contributed by atoms with Crippen molar-refractivity contribution in [2.75, 3.05) is 32.7 Å². The molecule has 0 spiro atoms. The van der Waals surface area contributed by atoms with Crippen LogP contribution in [0, 0.1) is 0 Å². The van der Waals surface area contributed by atoms with Crippen molar-refractivity contribution in [2.24, 2.45) is 14.1 Å². The van der Waals surface area contributed by atoms with E-state index in [0.717, 1.165) is 4.57 Å². The second-order valence-electron chi connectivity index (χ2n) is 8.03. The Morgan fingerprint density at radius 1 is 1.06 bits per heavy atom. The number of hydrogen-bond donors (Lipinski definition) is 1. The number of fused-ring (bicyclic) bond motifs is 1. The Bertz CT molecular complexity index is 1250. The zero-order chi connectivity index (χ0) is 23.0. The fraction of sp³-hybridized carbons (Fsp3) is 0.429. The number of hydrogen-bond acceptors (Lipinski definition) is 6. The zero-order valence-corrected chi connectivity index (χ0v) is 18.7. The first-order chi connectivity index (χ1) is 15.3. The number of aromatic nitrogens is 4. The van der Waals surface area contributed by atoms with E-state index in [0.29, 0.717) is 49.0 Å². The molecule has 170 valence electrons. The molecule has 2 aromatic heterocycles. The number of nitrogens with zero attached hydrogens (tertiary/aromatic N) is 6. The lowest BCUT2D eigenvalue weighted by Crippen LogP contribution is -2.50. The highest BCUT2D eigenvalue weighted by Gasteiger charge is 2.24. The van der Waals surface area contributed by atoms with Gasteiger partial charge < -0.3 is 14.6 Å². The lowest BCUT2D eigenvalue weighted by atomic mass is 10.1. The molecule has 1 unspecified atom stereocenters. The van der Waals surface area contributed by atoms with Crippen molar-refractivity contribution in [1.29, 1.82) is 0 Å². The van der Waals surface area contributed by atoms with Crippen LogP contribution in [0.3, 0.4) is 0 Å². The van der Waals surface area contributed by atoms with Crippen LogP contribution >= 0.6 is 11.6 Å². The van der Waals surface area contributed by atoms with Crippen molar-refractivity contribution < 1.29 is 9.90 Å². The van der Waals surface area contributed by atoms with Gasteiger partial charge in [-0.2, -0.15) is 0 Å². The Morgan fingerprint density at radius 2 is 1.72 bits per heavy atom. The predicted molar refractivity (Wildman–Crippen MR) is 120 cm³/mol. The van der Waals surface area contributed by atoms with E-state index in [4.69, 9.17) is 11.6 Å². The van der Waals surface area contributed by atoms with Crippen LogP contribution in [0.25, 0.3) is 11.2 Å². The minimum Gasteiger partial charge on any atom is -0.390 e. The second kappa shape index (κ2) is 8.89. The van der Waals surface area contributed by atoms with Crippen molar-refractivity contribution >= 4 is 28.7 Å². The van der Waals surface area contributed by atoms with Crippen molar-refractivity contribution in [3.63, 3.8) is 0 Å². The first-order valence-corrected chi connectivity index (χ1v) is 10.7. The summed E-state index contributed by atoms with van der Waals surface area (Å²) in [5, 5.41) is 11.2. The maximum Gasteiger partial charge on any atom is 0.332 e. The van der Waals surface area contributed by atoms with Gasteiger partial charge in [0, 0.05) is 57.4 Å². The SMILES string of the molecule is Cn1c(=O)c2c(ncn2CC(O)CN2CCN(C(=O)c3ccc(Cl)cc3)CC2)n(C)c1=O. The number of halogens is 1. The fourth-order valence-electron chi connectivity index (χ4n) is 4.03.